The number of hydrogen-bond donors (Lipinski definition) is 1. The molecule has 0 saturated carbocycles. The molecule has 1 N–H and O–H groups in total. The first kappa shape index (κ1) is 16.4. The van der Waals surface area contributed by atoms with Gasteiger partial charge in [0.2, 0.25) is 0 Å². The first-order chi connectivity index (χ1) is 10.2. The number of alkyl halides is 3. The van der Waals surface area contributed by atoms with Crippen LogP contribution >= 0.6 is 27.5 Å². The van der Waals surface area contributed by atoms with Crippen molar-refractivity contribution < 1.29 is 23.1 Å². The van der Waals surface area contributed by atoms with Gasteiger partial charge in [0, 0.05) is 10.6 Å². The number of nitriles is 1. The van der Waals surface area contributed by atoms with E-state index in [-0.39, 0.29) is 15.8 Å². The molecular formula is C13H5BrClF3N2O2. The maximum atomic E-state index is 13.1. The molecule has 0 aliphatic carbocycles. The molecule has 114 valence electrons. The molecule has 2 aromatic rings. The minimum absolute atomic E-state index is 0.0475. The van der Waals surface area contributed by atoms with Crippen LogP contribution in [0.15, 0.2) is 28.7 Å². The van der Waals surface area contributed by atoms with Crippen LogP contribution in [0, 0.1) is 11.3 Å². The van der Waals surface area contributed by atoms with Crippen molar-refractivity contribution in [1.29, 1.82) is 5.26 Å². The zero-order valence-electron chi connectivity index (χ0n) is 10.4. The SMILES string of the molecule is N#Cc1c(Br)c(C(F)(F)F)n(C(=O)O)c1-c1ccc(Cl)cc1. The van der Waals surface area contributed by atoms with Gasteiger partial charge in [0.25, 0.3) is 0 Å². The minimum atomic E-state index is -4.95. The van der Waals surface area contributed by atoms with Crippen LogP contribution < -0.4 is 0 Å². The first-order valence-electron chi connectivity index (χ1n) is 5.59. The van der Waals surface area contributed by atoms with Crippen molar-refractivity contribution in [1.82, 2.24) is 4.57 Å². The smallest absolute Gasteiger partial charge is 0.433 e. The molecule has 1 aromatic carbocycles. The van der Waals surface area contributed by atoms with Crippen molar-refractivity contribution in [3.8, 4) is 17.3 Å². The Labute approximate surface area is 135 Å². The molecule has 0 spiro atoms. The predicted molar refractivity (Wildman–Crippen MR) is 75.7 cm³/mol. The van der Waals surface area contributed by atoms with Gasteiger partial charge in [-0.1, -0.05) is 23.7 Å². The second-order valence-electron chi connectivity index (χ2n) is 4.12. The Bertz CT molecular complexity index is 792. The fourth-order valence-corrected chi connectivity index (χ4v) is 2.77. The molecule has 0 aliphatic heterocycles. The molecule has 0 aliphatic rings. The van der Waals surface area contributed by atoms with Crippen LogP contribution in [0.2, 0.25) is 5.02 Å². The maximum absolute atomic E-state index is 13.1. The van der Waals surface area contributed by atoms with Gasteiger partial charge in [-0.15, -0.1) is 0 Å². The highest BCUT2D eigenvalue weighted by Crippen LogP contribution is 2.43. The van der Waals surface area contributed by atoms with Crippen molar-refractivity contribution >= 4 is 33.6 Å². The molecule has 0 unspecified atom stereocenters. The highest BCUT2D eigenvalue weighted by atomic mass is 79.9. The van der Waals surface area contributed by atoms with Crippen LogP contribution in [0.4, 0.5) is 18.0 Å². The maximum Gasteiger partial charge on any atom is 0.433 e. The average molecular weight is 394 g/mol. The quantitative estimate of drug-likeness (QED) is 0.742. The highest BCUT2D eigenvalue weighted by Gasteiger charge is 2.42. The molecule has 0 radical (unpaired) electrons. The fourth-order valence-electron chi connectivity index (χ4n) is 1.97. The Kier molecular flexibility index (Phi) is 4.22. The van der Waals surface area contributed by atoms with E-state index in [0.29, 0.717) is 5.02 Å². The molecule has 0 saturated heterocycles. The third kappa shape index (κ3) is 2.69. The van der Waals surface area contributed by atoms with Gasteiger partial charge in [-0.25, -0.2) is 9.36 Å². The second kappa shape index (κ2) is 5.66. The van der Waals surface area contributed by atoms with E-state index in [1.165, 1.54) is 24.3 Å². The van der Waals surface area contributed by atoms with Gasteiger partial charge in [-0.3, -0.25) is 0 Å². The third-order valence-electron chi connectivity index (χ3n) is 2.80. The molecule has 0 atom stereocenters. The molecule has 1 aromatic heterocycles. The lowest BCUT2D eigenvalue weighted by Crippen LogP contribution is -2.20. The lowest BCUT2D eigenvalue weighted by Gasteiger charge is -2.11. The summed E-state index contributed by atoms with van der Waals surface area (Å²) in [5.41, 5.74) is -2.12. The van der Waals surface area contributed by atoms with E-state index in [1.807, 2.05) is 0 Å². The van der Waals surface area contributed by atoms with Crippen molar-refractivity contribution in [3.63, 3.8) is 0 Å². The van der Waals surface area contributed by atoms with E-state index in [9.17, 15) is 18.0 Å². The summed E-state index contributed by atoms with van der Waals surface area (Å²) in [4.78, 5) is 11.3. The first-order valence-corrected chi connectivity index (χ1v) is 6.76. The number of hydrogen-bond acceptors (Lipinski definition) is 2. The van der Waals surface area contributed by atoms with Crippen LogP contribution in [0.1, 0.15) is 11.3 Å². The number of aromatic nitrogens is 1. The van der Waals surface area contributed by atoms with Gasteiger partial charge in [0.15, 0.2) is 0 Å². The Balaban J connectivity index is 2.92. The summed E-state index contributed by atoms with van der Waals surface area (Å²) in [6, 6.07) is 7.05. The highest BCUT2D eigenvalue weighted by molar-refractivity contribution is 9.10. The Morgan fingerprint density at radius 1 is 1.32 bits per heavy atom. The van der Waals surface area contributed by atoms with Gasteiger partial charge in [0.1, 0.15) is 11.8 Å². The van der Waals surface area contributed by atoms with Gasteiger partial charge < -0.3 is 5.11 Å². The molecule has 9 heteroatoms. The summed E-state index contributed by atoms with van der Waals surface area (Å²) in [6.45, 7) is 0. The van der Waals surface area contributed by atoms with Crippen molar-refractivity contribution in [3.05, 3.63) is 45.0 Å². The number of nitrogens with zero attached hydrogens (tertiary/aromatic N) is 2. The monoisotopic (exact) mass is 392 g/mol. The minimum Gasteiger partial charge on any atom is -0.464 e. The predicted octanol–water partition coefficient (Wildman–Crippen LogP) is 4.99. The zero-order chi connectivity index (χ0) is 16.7. The molecular weight excluding hydrogens is 389 g/mol. The van der Waals surface area contributed by atoms with E-state index in [2.05, 4.69) is 15.9 Å². The molecule has 4 nitrogen and oxygen atoms in total. The number of halogens is 5. The van der Waals surface area contributed by atoms with Gasteiger partial charge in [-0.05, 0) is 28.1 Å². The van der Waals surface area contributed by atoms with Crippen LogP contribution in [0.3, 0.4) is 0 Å². The average Bonchev–Trinajstić information content (AvgIpc) is 2.72. The Morgan fingerprint density at radius 3 is 2.27 bits per heavy atom. The number of rotatable bonds is 1. The van der Waals surface area contributed by atoms with E-state index < -0.39 is 28.0 Å². The largest absolute Gasteiger partial charge is 0.464 e. The third-order valence-corrected chi connectivity index (χ3v) is 3.82. The number of carbonyl (C=O) groups is 1. The van der Waals surface area contributed by atoms with E-state index in [4.69, 9.17) is 22.0 Å². The van der Waals surface area contributed by atoms with Crippen LogP contribution in [0.25, 0.3) is 11.3 Å². The molecule has 0 fully saturated rings. The molecule has 0 bridgehead atoms. The molecule has 0 amide bonds. The number of benzene rings is 1. The topological polar surface area (TPSA) is 66.0 Å². The zero-order valence-corrected chi connectivity index (χ0v) is 12.8. The van der Waals surface area contributed by atoms with Crippen molar-refractivity contribution in [2.24, 2.45) is 0 Å². The van der Waals surface area contributed by atoms with Crippen LogP contribution in [-0.2, 0) is 6.18 Å². The van der Waals surface area contributed by atoms with Gasteiger partial charge in [0.05, 0.1) is 15.7 Å². The van der Waals surface area contributed by atoms with Gasteiger partial charge in [-0.2, -0.15) is 18.4 Å². The fraction of sp³-hybridized carbons (Fsp3) is 0.0769. The summed E-state index contributed by atoms with van der Waals surface area (Å²) in [7, 11) is 0. The standard InChI is InChI=1S/C13H5BrClF3N2O2/c14-9-8(5-19)10(6-1-3-7(15)4-2-6)20(12(21)22)11(9)13(16,17)18/h1-4H,(H,21,22). The van der Waals surface area contributed by atoms with Crippen LogP contribution in [0.5, 0.6) is 0 Å². The second-order valence-corrected chi connectivity index (χ2v) is 5.35. The van der Waals surface area contributed by atoms with Crippen molar-refractivity contribution in [2.75, 3.05) is 0 Å². The molecule has 1 heterocycles. The molecule has 2 rings (SSSR count). The van der Waals surface area contributed by atoms with Gasteiger partial charge >= 0.3 is 12.3 Å². The summed E-state index contributed by atoms with van der Waals surface area (Å²) >= 11 is 8.38. The normalized spacial score (nSPS) is 11.3. The van der Waals surface area contributed by atoms with E-state index in [1.54, 1.807) is 6.07 Å². The lowest BCUT2D eigenvalue weighted by molar-refractivity contribution is -0.143. The van der Waals surface area contributed by atoms with E-state index in [0.717, 1.165) is 0 Å². The Hall–Kier alpha value is -1.98. The lowest BCUT2D eigenvalue weighted by atomic mass is 10.1. The Morgan fingerprint density at radius 2 is 1.86 bits per heavy atom. The summed E-state index contributed by atoms with van der Waals surface area (Å²) in [5.74, 6) is 0. The van der Waals surface area contributed by atoms with E-state index >= 15 is 0 Å². The van der Waals surface area contributed by atoms with Crippen LogP contribution in [-0.4, -0.2) is 15.8 Å². The summed E-state index contributed by atoms with van der Waals surface area (Å²) in [6.07, 6.45) is -6.80. The molecule has 22 heavy (non-hydrogen) atoms. The number of carboxylic acid groups (broad SMARTS) is 1. The van der Waals surface area contributed by atoms with Crippen molar-refractivity contribution in [2.45, 2.75) is 6.18 Å². The summed E-state index contributed by atoms with van der Waals surface area (Å²) < 4.78 is 38.8. The summed E-state index contributed by atoms with van der Waals surface area (Å²) in [5, 5.41) is 18.6.